The van der Waals surface area contributed by atoms with Crippen molar-refractivity contribution >= 4 is 17.9 Å². The molecule has 0 aliphatic carbocycles. The van der Waals surface area contributed by atoms with Gasteiger partial charge in [0, 0.05) is 5.69 Å². The SMILES string of the molecule is Cc1cccc2nc(C(=O)O)c(C=O)n12. The van der Waals surface area contributed by atoms with E-state index in [1.165, 1.54) is 4.40 Å². The number of carbonyl (C=O) groups is 2. The number of nitrogens with zero attached hydrogens (tertiary/aromatic N) is 2. The molecule has 0 atom stereocenters. The second kappa shape index (κ2) is 3.20. The molecule has 2 rings (SSSR count). The molecule has 2 aromatic heterocycles. The zero-order valence-electron chi connectivity index (χ0n) is 7.97. The van der Waals surface area contributed by atoms with Gasteiger partial charge in [-0.3, -0.25) is 9.20 Å². The molecule has 0 spiro atoms. The van der Waals surface area contributed by atoms with Crippen molar-refractivity contribution in [3.63, 3.8) is 0 Å². The van der Waals surface area contributed by atoms with E-state index in [0.29, 0.717) is 11.9 Å². The molecule has 0 amide bonds. The van der Waals surface area contributed by atoms with Crippen LogP contribution in [0.5, 0.6) is 0 Å². The smallest absolute Gasteiger partial charge is 0.356 e. The summed E-state index contributed by atoms with van der Waals surface area (Å²) in [6, 6.07) is 5.21. The Morgan fingerprint density at radius 2 is 2.27 bits per heavy atom. The zero-order valence-corrected chi connectivity index (χ0v) is 7.97. The van der Waals surface area contributed by atoms with Gasteiger partial charge in [0.15, 0.2) is 12.0 Å². The number of rotatable bonds is 2. The highest BCUT2D eigenvalue weighted by Crippen LogP contribution is 2.13. The minimum Gasteiger partial charge on any atom is -0.476 e. The number of imidazole rings is 1. The maximum atomic E-state index is 10.8. The second-order valence-corrected chi connectivity index (χ2v) is 3.13. The maximum absolute atomic E-state index is 10.8. The quantitative estimate of drug-likeness (QED) is 0.745. The lowest BCUT2D eigenvalue weighted by Gasteiger charge is -1.99. The van der Waals surface area contributed by atoms with Gasteiger partial charge in [-0.2, -0.15) is 0 Å². The number of carbonyl (C=O) groups excluding carboxylic acids is 1. The van der Waals surface area contributed by atoms with Gasteiger partial charge in [-0.1, -0.05) is 6.07 Å². The third-order valence-corrected chi connectivity index (χ3v) is 2.19. The van der Waals surface area contributed by atoms with Crippen LogP contribution >= 0.6 is 0 Å². The molecule has 0 bridgehead atoms. The molecule has 0 radical (unpaired) electrons. The number of carboxylic acid groups (broad SMARTS) is 1. The van der Waals surface area contributed by atoms with Gasteiger partial charge in [-0.25, -0.2) is 9.78 Å². The molecular weight excluding hydrogens is 196 g/mol. The zero-order chi connectivity index (χ0) is 11.0. The van der Waals surface area contributed by atoms with Gasteiger partial charge in [0.25, 0.3) is 0 Å². The minimum absolute atomic E-state index is 0.0793. The highest BCUT2D eigenvalue weighted by molar-refractivity contribution is 5.95. The molecule has 0 saturated heterocycles. The first-order valence-corrected chi connectivity index (χ1v) is 4.31. The Morgan fingerprint density at radius 1 is 1.53 bits per heavy atom. The van der Waals surface area contributed by atoms with Crippen LogP contribution in [0.1, 0.15) is 26.7 Å². The molecule has 2 heterocycles. The first-order valence-electron chi connectivity index (χ1n) is 4.31. The Balaban J connectivity index is 2.92. The number of pyridine rings is 1. The van der Waals surface area contributed by atoms with E-state index < -0.39 is 5.97 Å². The predicted molar refractivity (Wildman–Crippen MR) is 52.3 cm³/mol. The van der Waals surface area contributed by atoms with E-state index in [1.807, 2.05) is 0 Å². The first-order chi connectivity index (χ1) is 7.15. The van der Waals surface area contributed by atoms with Crippen LogP contribution < -0.4 is 0 Å². The molecule has 76 valence electrons. The number of fused-ring (bicyclic) bond motifs is 1. The molecule has 0 aliphatic heterocycles. The van der Waals surface area contributed by atoms with E-state index in [-0.39, 0.29) is 11.4 Å². The summed E-state index contributed by atoms with van der Waals surface area (Å²) in [4.78, 5) is 25.5. The Morgan fingerprint density at radius 3 is 2.87 bits per heavy atom. The molecule has 0 unspecified atom stereocenters. The van der Waals surface area contributed by atoms with Crippen molar-refractivity contribution in [2.75, 3.05) is 0 Å². The van der Waals surface area contributed by atoms with Crippen LogP contribution in [0.15, 0.2) is 18.2 Å². The molecule has 5 heteroatoms. The lowest BCUT2D eigenvalue weighted by molar-refractivity contribution is 0.0688. The van der Waals surface area contributed by atoms with E-state index in [4.69, 9.17) is 5.11 Å². The van der Waals surface area contributed by atoms with E-state index in [9.17, 15) is 9.59 Å². The molecule has 0 fully saturated rings. The average Bonchev–Trinajstić information content (AvgIpc) is 2.57. The number of hydrogen-bond acceptors (Lipinski definition) is 3. The number of carboxylic acids is 1. The summed E-state index contributed by atoms with van der Waals surface area (Å²) in [7, 11) is 0. The summed E-state index contributed by atoms with van der Waals surface area (Å²) >= 11 is 0. The highest BCUT2D eigenvalue weighted by Gasteiger charge is 2.17. The van der Waals surface area contributed by atoms with Crippen molar-refractivity contribution in [3.8, 4) is 0 Å². The van der Waals surface area contributed by atoms with Crippen LogP contribution in [0.3, 0.4) is 0 Å². The van der Waals surface area contributed by atoms with Crippen molar-refractivity contribution < 1.29 is 14.7 Å². The number of aldehydes is 1. The molecule has 1 N–H and O–H groups in total. The van der Waals surface area contributed by atoms with Crippen LogP contribution in [0.4, 0.5) is 0 Å². The van der Waals surface area contributed by atoms with Gasteiger partial charge >= 0.3 is 5.97 Å². The van der Waals surface area contributed by atoms with Crippen LogP contribution in [0.2, 0.25) is 0 Å². The molecule has 0 saturated carbocycles. The topological polar surface area (TPSA) is 71.7 Å². The lowest BCUT2D eigenvalue weighted by atomic mass is 10.3. The summed E-state index contributed by atoms with van der Waals surface area (Å²) < 4.78 is 1.52. The largest absolute Gasteiger partial charge is 0.476 e. The number of aromatic carboxylic acids is 1. The van der Waals surface area contributed by atoms with Crippen molar-refractivity contribution in [2.45, 2.75) is 6.92 Å². The average molecular weight is 204 g/mol. The molecule has 5 nitrogen and oxygen atoms in total. The van der Waals surface area contributed by atoms with Crippen LogP contribution in [0, 0.1) is 6.92 Å². The number of hydrogen-bond donors (Lipinski definition) is 1. The van der Waals surface area contributed by atoms with Gasteiger partial charge < -0.3 is 5.11 Å². The Hall–Kier alpha value is -2.17. The van der Waals surface area contributed by atoms with E-state index in [0.717, 1.165) is 5.69 Å². The fourth-order valence-corrected chi connectivity index (χ4v) is 1.55. The van der Waals surface area contributed by atoms with Gasteiger partial charge in [0.05, 0.1) is 0 Å². The Labute approximate surface area is 85.0 Å². The van der Waals surface area contributed by atoms with Crippen molar-refractivity contribution in [3.05, 3.63) is 35.3 Å². The Kier molecular flexibility index (Phi) is 2.00. The normalized spacial score (nSPS) is 10.5. The summed E-state index contributed by atoms with van der Waals surface area (Å²) in [6.07, 6.45) is 0.510. The third-order valence-electron chi connectivity index (χ3n) is 2.19. The van der Waals surface area contributed by atoms with Gasteiger partial charge in [0.1, 0.15) is 11.3 Å². The van der Waals surface area contributed by atoms with E-state index in [1.54, 1.807) is 25.1 Å². The van der Waals surface area contributed by atoms with Crippen molar-refractivity contribution in [1.29, 1.82) is 0 Å². The van der Waals surface area contributed by atoms with Gasteiger partial charge in [0.2, 0.25) is 0 Å². The molecule has 15 heavy (non-hydrogen) atoms. The first kappa shape index (κ1) is 9.39. The summed E-state index contributed by atoms with van der Waals surface area (Å²) in [5.74, 6) is -1.19. The van der Waals surface area contributed by atoms with Crippen molar-refractivity contribution in [1.82, 2.24) is 9.38 Å². The summed E-state index contributed by atoms with van der Waals surface area (Å²) in [5.41, 5.74) is 1.11. The monoisotopic (exact) mass is 204 g/mol. The van der Waals surface area contributed by atoms with E-state index >= 15 is 0 Å². The standard InChI is InChI=1S/C10H8N2O3/c1-6-3-2-4-8-11-9(10(14)15)7(5-13)12(6)8/h2-5H,1H3,(H,14,15). The number of aryl methyl sites for hydroxylation is 1. The van der Waals surface area contributed by atoms with Crippen molar-refractivity contribution in [2.24, 2.45) is 0 Å². The molecular formula is C10H8N2O3. The summed E-state index contributed by atoms with van der Waals surface area (Å²) in [5, 5.41) is 8.85. The minimum atomic E-state index is -1.19. The lowest BCUT2D eigenvalue weighted by Crippen LogP contribution is -2.03. The predicted octanol–water partition coefficient (Wildman–Crippen LogP) is 1.15. The van der Waals surface area contributed by atoms with Crippen LogP contribution in [-0.4, -0.2) is 26.7 Å². The highest BCUT2D eigenvalue weighted by atomic mass is 16.4. The van der Waals surface area contributed by atoms with Gasteiger partial charge in [-0.15, -0.1) is 0 Å². The summed E-state index contributed by atoms with van der Waals surface area (Å²) in [6.45, 7) is 1.79. The van der Waals surface area contributed by atoms with Gasteiger partial charge in [-0.05, 0) is 19.1 Å². The van der Waals surface area contributed by atoms with E-state index in [2.05, 4.69) is 4.98 Å². The van der Waals surface area contributed by atoms with Crippen LogP contribution in [0.25, 0.3) is 5.65 Å². The third kappa shape index (κ3) is 1.28. The Bertz CT molecular complexity index is 557. The molecule has 2 aromatic rings. The maximum Gasteiger partial charge on any atom is 0.356 e. The number of aromatic nitrogens is 2. The fourth-order valence-electron chi connectivity index (χ4n) is 1.55. The molecule has 0 aromatic carbocycles. The second-order valence-electron chi connectivity index (χ2n) is 3.13. The molecule has 0 aliphatic rings. The fraction of sp³-hybridized carbons (Fsp3) is 0.100. The van der Waals surface area contributed by atoms with Crippen LogP contribution in [-0.2, 0) is 0 Å².